The Morgan fingerprint density at radius 2 is 1.55 bits per heavy atom. The first-order valence-electron chi connectivity index (χ1n) is 2.76. The maximum atomic E-state index is 12.3. The van der Waals surface area contributed by atoms with Crippen LogP contribution in [0.15, 0.2) is 22.7 Å². The molecule has 0 aliphatic carbocycles. The highest BCUT2D eigenvalue weighted by Gasteiger charge is 2.01. The molecule has 1 N–H and O–H groups in total. The predicted molar refractivity (Wildman–Crippen MR) is 42.2 cm³/mol. The first-order chi connectivity index (χ1) is 5.22. The molecule has 0 unspecified atom stereocenters. The topological polar surface area (TPSA) is 20.2 Å². The van der Waals surface area contributed by atoms with Crippen LogP contribution in [0.3, 0.4) is 0 Å². The quantitative estimate of drug-likeness (QED) is 0.672. The van der Waals surface area contributed by atoms with Gasteiger partial charge in [-0.25, -0.2) is 8.78 Å². The van der Waals surface area contributed by atoms with Crippen molar-refractivity contribution in [2.75, 3.05) is 7.11 Å². The van der Waals surface area contributed by atoms with Crippen LogP contribution >= 0.6 is 15.9 Å². The molecule has 0 heterocycles. The van der Waals surface area contributed by atoms with Crippen molar-refractivity contribution in [3.05, 3.63) is 34.3 Å². The zero-order valence-electron chi connectivity index (χ0n) is 5.81. The van der Waals surface area contributed by atoms with Crippen molar-refractivity contribution in [2.45, 2.75) is 0 Å². The highest BCUT2D eigenvalue weighted by molar-refractivity contribution is 9.10. The van der Waals surface area contributed by atoms with Crippen LogP contribution in [0.25, 0.3) is 0 Å². The number of rotatable bonds is 0. The normalized spacial score (nSPS) is 8.45. The van der Waals surface area contributed by atoms with E-state index in [9.17, 15) is 8.78 Å². The van der Waals surface area contributed by atoms with Gasteiger partial charge in [0.25, 0.3) is 0 Å². The van der Waals surface area contributed by atoms with Gasteiger partial charge in [-0.3, -0.25) is 0 Å². The molecular weight excluding hydrogens is 218 g/mol. The molecule has 1 nitrogen and oxygen atoms in total. The van der Waals surface area contributed by atoms with Crippen molar-refractivity contribution in [2.24, 2.45) is 0 Å². The van der Waals surface area contributed by atoms with Crippen LogP contribution in [-0.2, 0) is 0 Å². The smallest absolute Gasteiger partial charge is 0.140 e. The van der Waals surface area contributed by atoms with Crippen LogP contribution in [0.1, 0.15) is 0 Å². The SMILES string of the molecule is CO.Fc1cccc(F)c1Br. The van der Waals surface area contributed by atoms with Crippen molar-refractivity contribution in [3.8, 4) is 0 Å². The van der Waals surface area contributed by atoms with Gasteiger partial charge in [-0.2, -0.15) is 0 Å². The molecule has 4 heteroatoms. The van der Waals surface area contributed by atoms with E-state index in [1.54, 1.807) is 0 Å². The highest BCUT2D eigenvalue weighted by Crippen LogP contribution is 2.17. The Morgan fingerprint density at radius 3 is 1.82 bits per heavy atom. The number of aliphatic hydroxyl groups is 1. The summed E-state index contributed by atoms with van der Waals surface area (Å²) in [6.45, 7) is 0. The molecule has 1 rings (SSSR count). The lowest BCUT2D eigenvalue weighted by Crippen LogP contribution is -1.80. The van der Waals surface area contributed by atoms with Gasteiger partial charge in [-0.15, -0.1) is 0 Å². The lowest BCUT2D eigenvalue weighted by molar-refractivity contribution is 0.399. The Bertz CT molecular complexity index is 207. The summed E-state index contributed by atoms with van der Waals surface area (Å²) in [7, 11) is 1.00. The molecule has 0 bridgehead atoms. The molecule has 0 amide bonds. The Kier molecular flexibility index (Phi) is 4.98. The molecule has 0 atom stereocenters. The second-order valence-electron chi connectivity index (χ2n) is 1.54. The Morgan fingerprint density at radius 1 is 1.18 bits per heavy atom. The van der Waals surface area contributed by atoms with E-state index < -0.39 is 11.6 Å². The fraction of sp³-hybridized carbons (Fsp3) is 0.143. The minimum Gasteiger partial charge on any atom is -0.400 e. The van der Waals surface area contributed by atoms with E-state index in [4.69, 9.17) is 5.11 Å². The van der Waals surface area contributed by atoms with E-state index in [1.807, 2.05) is 0 Å². The van der Waals surface area contributed by atoms with Crippen LogP contribution in [0.2, 0.25) is 0 Å². The summed E-state index contributed by atoms with van der Waals surface area (Å²) in [5, 5.41) is 7.00. The number of halogens is 3. The van der Waals surface area contributed by atoms with Gasteiger partial charge in [0.15, 0.2) is 0 Å². The Hall–Kier alpha value is -0.480. The molecule has 1 aromatic rings. The van der Waals surface area contributed by atoms with Gasteiger partial charge in [0.05, 0.1) is 4.47 Å². The lowest BCUT2D eigenvalue weighted by Gasteiger charge is -1.92. The van der Waals surface area contributed by atoms with E-state index in [2.05, 4.69) is 15.9 Å². The van der Waals surface area contributed by atoms with Gasteiger partial charge in [-0.1, -0.05) is 6.07 Å². The Labute approximate surface area is 71.8 Å². The van der Waals surface area contributed by atoms with Gasteiger partial charge in [-0.05, 0) is 28.1 Å². The average molecular weight is 225 g/mol. The van der Waals surface area contributed by atoms with Crippen LogP contribution in [0, 0.1) is 11.6 Å². The van der Waals surface area contributed by atoms with Crippen LogP contribution in [0.4, 0.5) is 8.78 Å². The zero-order valence-corrected chi connectivity index (χ0v) is 7.40. The van der Waals surface area contributed by atoms with Crippen molar-refractivity contribution in [3.63, 3.8) is 0 Å². The maximum Gasteiger partial charge on any atom is 0.140 e. The predicted octanol–water partition coefficient (Wildman–Crippen LogP) is 2.34. The van der Waals surface area contributed by atoms with E-state index in [1.165, 1.54) is 18.2 Å². The van der Waals surface area contributed by atoms with Crippen LogP contribution < -0.4 is 0 Å². The molecule has 0 aliphatic rings. The minimum atomic E-state index is -0.574. The van der Waals surface area contributed by atoms with Crippen molar-refractivity contribution >= 4 is 15.9 Å². The maximum absolute atomic E-state index is 12.3. The second-order valence-corrected chi connectivity index (χ2v) is 2.33. The third kappa shape index (κ3) is 2.95. The lowest BCUT2D eigenvalue weighted by atomic mass is 10.3. The summed E-state index contributed by atoms with van der Waals surface area (Å²) in [6, 6.07) is 3.69. The number of aliphatic hydroxyl groups excluding tert-OH is 1. The molecule has 0 radical (unpaired) electrons. The van der Waals surface area contributed by atoms with Gasteiger partial charge in [0.1, 0.15) is 11.6 Å². The fourth-order valence-corrected chi connectivity index (χ4v) is 0.742. The number of hydrogen-bond acceptors (Lipinski definition) is 1. The molecule has 0 aromatic heterocycles. The van der Waals surface area contributed by atoms with Crippen molar-refractivity contribution in [1.82, 2.24) is 0 Å². The third-order valence-electron chi connectivity index (χ3n) is 0.904. The molecule has 62 valence electrons. The summed E-state index contributed by atoms with van der Waals surface area (Å²) >= 11 is 2.73. The van der Waals surface area contributed by atoms with Gasteiger partial charge < -0.3 is 5.11 Å². The van der Waals surface area contributed by atoms with E-state index >= 15 is 0 Å². The summed E-state index contributed by atoms with van der Waals surface area (Å²) in [5.41, 5.74) is 0. The van der Waals surface area contributed by atoms with Crippen molar-refractivity contribution in [1.29, 1.82) is 0 Å². The molecule has 0 saturated heterocycles. The van der Waals surface area contributed by atoms with E-state index in [0.29, 0.717) is 0 Å². The molecule has 0 saturated carbocycles. The van der Waals surface area contributed by atoms with Crippen molar-refractivity contribution < 1.29 is 13.9 Å². The third-order valence-corrected chi connectivity index (χ3v) is 1.66. The molecule has 0 spiro atoms. The molecule has 11 heavy (non-hydrogen) atoms. The monoisotopic (exact) mass is 224 g/mol. The fourth-order valence-electron chi connectivity index (χ4n) is 0.477. The largest absolute Gasteiger partial charge is 0.400 e. The zero-order chi connectivity index (χ0) is 8.85. The molecule has 0 aliphatic heterocycles. The van der Waals surface area contributed by atoms with Gasteiger partial charge >= 0.3 is 0 Å². The molecular formula is C7H7BrF2O. The standard InChI is InChI=1S/C6H3BrF2.CH4O/c7-6-4(8)2-1-3-5(6)9;1-2/h1-3H;2H,1H3. The van der Waals surface area contributed by atoms with Gasteiger partial charge in [0, 0.05) is 7.11 Å². The van der Waals surface area contributed by atoms with Gasteiger partial charge in [0.2, 0.25) is 0 Å². The first kappa shape index (κ1) is 10.5. The average Bonchev–Trinajstić information content (AvgIpc) is 2.04. The van der Waals surface area contributed by atoms with Crippen LogP contribution in [-0.4, -0.2) is 12.2 Å². The summed E-state index contributed by atoms with van der Waals surface area (Å²) < 4.78 is 24.5. The summed E-state index contributed by atoms with van der Waals surface area (Å²) in [4.78, 5) is 0. The van der Waals surface area contributed by atoms with E-state index in [0.717, 1.165) is 7.11 Å². The first-order valence-corrected chi connectivity index (χ1v) is 3.55. The van der Waals surface area contributed by atoms with E-state index in [-0.39, 0.29) is 4.47 Å². The second kappa shape index (κ2) is 5.21. The summed E-state index contributed by atoms with van der Waals surface area (Å²) in [5.74, 6) is -1.15. The molecule has 0 fully saturated rings. The highest BCUT2D eigenvalue weighted by atomic mass is 79.9. The Balaban J connectivity index is 0.000000461. The minimum absolute atomic E-state index is 0.106. The number of hydrogen-bond donors (Lipinski definition) is 1. The number of benzene rings is 1. The van der Waals surface area contributed by atoms with Crippen LogP contribution in [0.5, 0.6) is 0 Å². The summed E-state index contributed by atoms with van der Waals surface area (Å²) in [6.07, 6.45) is 0. The molecule has 1 aromatic carbocycles.